The molecular formula is C15H14O3. The molecule has 0 spiro atoms. The van der Waals surface area contributed by atoms with Gasteiger partial charge in [-0.3, -0.25) is 4.79 Å². The molecule has 0 bridgehead atoms. The molecule has 0 aromatic heterocycles. The van der Waals surface area contributed by atoms with Gasteiger partial charge in [0, 0.05) is 0 Å². The van der Waals surface area contributed by atoms with E-state index in [1.807, 2.05) is 48.5 Å². The summed E-state index contributed by atoms with van der Waals surface area (Å²) in [5, 5.41) is 8.70. The van der Waals surface area contributed by atoms with Gasteiger partial charge in [-0.2, -0.15) is 0 Å². The van der Waals surface area contributed by atoms with Crippen LogP contribution in [0.4, 0.5) is 0 Å². The van der Waals surface area contributed by atoms with Crippen LogP contribution in [0, 0.1) is 0 Å². The second-order valence-corrected chi connectivity index (χ2v) is 4.00. The average molecular weight is 242 g/mol. The molecule has 0 fully saturated rings. The quantitative estimate of drug-likeness (QED) is 0.896. The van der Waals surface area contributed by atoms with Crippen LogP contribution < -0.4 is 4.74 Å². The highest BCUT2D eigenvalue weighted by atomic mass is 16.5. The first-order chi connectivity index (χ1) is 8.69. The molecule has 3 nitrogen and oxygen atoms in total. The highest BCUT2D eigenvalue weighted by Gasteiger charge is 2.02. The van der Waals surface area contributed by atoms with Crippen molar-refractivity contribution in [3.63, 3.8) is 0 Å². The van der Waals surface area contributed by atoms with Gasteiger partial charge in [-0.05, 0) is 28.8 Å². The summed E-state index contributed by atoms with van der Waals surface area (Å²) in [6.45, 7) is 0. The first-order valence-corrected chi connectivity index (χ1v) is 5.64. The van der Waals surface area contributed by atoms with Crippen LogP contribution >= 0.6 is 0 Å². The lowest BCUT2D eigenvalue weighted by Crippen LogP contribution is -1.99. The van der Waals surface area contributed by atoms with Crippen molar-refractivity contribution in [1.82, 2.24) is 0 Å². The van der Waals surface area contributed by atoms with Crippen LogP contribution in [0.5, 0.6) is 5.75 Å². The van der Waals surface area contributed by atoms with Crippen LogP contribution in [-0.2, 0) is 11.2 Å². The summed E-state index contributed by atoms with van der Waals surface area (Å²) in [5.41, 5.74) is 2.95. The molecule has 2 aromatic carbocycles. The molecule has 0 heterocycles. The van der Waals surface area contributed by atoms with Crippen molar-refractivity contribution in [2.45, 2.75) is 6.42 Å². The van der Waals surface area contributed by atoms with Crippen molar-refractivity contribution >= 4 is 5.97 Å². The third-order valence-corrected chi connectivity index (χ3v) is 2.73. The molecule has 0 aliphatic heterocycles. The Morgan fingerprint density at radius 3 is 1.94 bits per heavy atom. The molecule has 92 valence electrons. The summed E-state index contributed by atoms with van der Waals surface area (Å²) in [5.74, 6) is 0.00782. The number of methoxy groups -OCH3 is 1. The fourth-order valence-electron chi connectivity index (χ4n) is 1.77. The SMILES string of the molecule is COc1ccc(-c2ccc(CC(=O)O)cc2)cc1. The van der Waals surface area contributed by atoms with Crippen molar-refractivity contribution in [2.24, 2.45) is 0 Å². The molecule has 0 atom stereocenters. The number of rotatable bonds is 4. The molecule has 2 aromatic rings. The van der Waals surface area contributed by atoms with Crippen molar-refractivity contribution < 1.29 is 14.6 Å². The normalized spacial score (nSPS) is 10.1. The van der Waals surface area contributed by atoms with E-state index >= 15 is 0 Å². The molecule has 2 rings (SSSR count). The minimum atomic E-state index is -0.813. The zero-order chi connectivity index (χ0) is 13.0. The van der Waals surface area contributed by atoms with Crippen LogP contribution in [0.15, 0.2) is 48.5 Å². The van der Waals surface area contributed by atoms with Crippen molar-refractivity contribution in [3.05, 3.63) is 54.1 Å². The van der Waals surface area contributed by atoms with E-state index in [-0.39, 0.29) is 6.42 Å². The van der Waals surface area contributed by atoms with E-state index in [4.69, 9.17) is 9.84 Å². The Kier molecular flexibility index (Phi) is 3.63. The Morgan fingerprint density at radius 2 is 1.50 bits per heavy atom. The maximum Gasteiger partial charge on any atom is 0.307 e. The predicted octanol–water partition coefficient (Wildman–Crippen LogP) is 2.99. The maximum atomic E-state index is 10.6. The molecule has 0 unspecified atom stereocenters. The molecule has 0 aliphatic rings. The molecule has 1 N–H and O–H groups in total. The van der Waals surface area contributed by atoms with Gasteiger partial charge < -0.3 is 9.84 Å². The van der Waals surface area contributed by atoms with Gasteiger partial charge >= 0.3 is 5.97 Å². The van der Waals surface area contributed by atoms with Crippen molar-refractivity contribution in [3.8, 4) is 16.9 Å². The minimum Gasteiger partial charge on any atom is -0.497 e. The summed E-state index contributed by atoms with van der Waals surface area (Å²) >= 11 is 0. The number of benzene rings is 2. The summed E-state index contributed by atoms with van der Waals surface area (Å²) in [6, 6.07) is 15.3. The zero-order valence-corrected chi connectivity index (χ0v) is 10.1. The van der Waals surface area contributed by atoms with Gasteiger partial charge in [0.1, 0.15) is 5.75 Å². The Bertz CT molecular complexity index is 527. The lowest BCUT2D eigenvalue weighted by molar-refractivity contribution is -0.136. The number of ether oxygens (including phenoxy) is 1. The first kappa shape index (κ1) is 12.2. The molecule has 0 saturated heterocycles. The molecule has 0 saturated carbocycles. The lowest BCUT2D eigenvalue weighted by atomic mass is 10.0. The van der Waals surface area contributed by atoms with E-state index in [1.54, 1.807) is 7.11 Å². The van der Waals surface area contributed by atoms with E-state index in [0.29, 0.717) is 0 Å². The topological polar surface area (TPSA) is 46.5 Å². The highest BCUT2D eigenvalue weighted by Crippen LogP contribution is 2.22. The average Bonchev–Trinajstić information content (AvgIpc) is 2.39. The maximum absolute atomic E-state index is 10.6. The third kappa shape index (κ3) is 2.88. The summed E-state index contributed by atoms with van der Waals surface area (Å²) < 4.78 is 5.10. The number of carbonyl (C=O) groups is 1. The predicted molar refractivity (Wildman–Crippen MR) is 69.8 cm³/mol. The second-order valence-electron chi connectivity index (χ2n) is 4.00. The Morgan fingerprint density at radius 1 is 1.00 bits per heavy atom. The molecule has 0 aliphatic carbocycles. The highest BCUT2D eigenvalue weighted by molar-refractivity contribution is 5.71. The first-order valence-electron chi connectivity index (χ1n) is 5.64. The summed E-state index contributed by atoms with van der Waals surface area (Å²) in [7, 11) is 1.63. The van der Waals surface area contributed by atoms with Crippen LogP contribution in [0.2, 0.25) is 0 Å². The van der Waals surface area contributed by atoms with Crippen LogP contribution in [0.3, 0.4) is 0 Å². The smallest absolute Gasteiger partial charge is 0.307 e. The Balaban J connectivity index is 2.20. The third-order valence-electron chi connectivity index (χ3n) is 2.73. The van der Waals surface area contributed by atoms with Gasteiger partial charge in [-0.15, -0.1) is 0 Å². The van der Waals surface area contributed by atoms with Crippen molar-refractivity contribution in [1.29, 1.82) is 0 Å². The Hall–Kier alpha value is -2.29. The van der Waals surface area contributed by atoms with E-state index in [0.717, 1.165) is 22.4 Å². The second kappa shape index (κ2) is 5.36. The lowest BCUT2D eigenvalue weighted by Gasteiger charge is -2.04. The molecule has 0 amide bonds. The fourth-order valence-corrected chi connectivity index (χ4v) is 1.77. The zero-order valence-electron chi connectivity index (χ0n) is 10.1. The van der Waals surface area contributed by atoms with Gasteiger partial charge in [0.25, 0.3) is 0 Å². The fraction of sp³-hybridized carbons (Fsp3) is 0.133. The van der Waals surface area contributed by atoms with Gasteiger partial charge in [-0.25, -0.2) is 0 Å². The molecular weight excluding hydrogens is 228 g/mol. The molecule has 18 heavy (non-hydrogen) atoms. The summed E-state index contributed by atoms with van der Waals surface area (Å²) in [6.07, 6.45) is 0.0584. The van der Waals surface area contributed by atoms with E-state index in [2.05, 4.69) is 0 Å². The number of hydrogen-bond donors (Lipinski definition) is 1. The summed E-state index contributed by atoms with van der Waals surface area (Å²) in [4.78, 5) is 10.6. The van der Waals surface area contributed by atoms with E-state index in [1.165, 1.54) is 0 Å². The number of hydrogen-bond acceptors (Lipinski definition) is 2. The number of carboxylic acids is 1. The standard InChI is InChI=1S/C15H14O3/c1-18-14-8-6-13(7-9-14)12-4-2-11(3-5-12)10-15(16)17/h2-9H,10H2,1H3,(H,16,17). The number of aliphatic carboxylic acids is 1. The monoisotopic (exact) mass is 242 g/mol. The largest absolute Gasteiger partial charge is 0.497 e. The minimum absolute atomic E-state index is 0.0584. The molecule has 0 radical (unpaired) electrons. The van der Waals surface area contributed by atoms with Gasteiger partial charge in [0.05, 0.1) is 13.5 Å². The van der Waals surface area contributed by atoms with Gasteiger partial charge in [0.2, 0.25) is 0 Å². The molecule has 3 heteroatoms. The Labute approximate surface area is 106 Å². The van der Waals surface area contributed by atoms with Gasteiger partial charge in [-0.1, -0.05) is 36.4 Å². The van der Waals surface area contributed by atoms with Crippen LogP contribution in [-0.4, -0.2) is 18.2 Å². The number of carboxylic acid groups (broad SMARTS) is 1. The van der Waals surface area contributed by atoms with Crippen LogP contribution in [0.1, 0.15) is 5.56 Å². The van der Waals surface area contributed by atoms with Gasteiger partial charge in [0.15, 0.2) is 0 Å². The van der Waals surface area contributed by atoms with E-state index < -0.39 is 5.97 Å². The van der Waals surface area contributed by atoms with E-state index in [9.17, 15) is 4.79 Å². The van der Waals surface area contributed by atoms with Crippen LogP contribution in [0.25, 0.3) is 11.1 Å². The van der Waals surface area contributed by atoms with Crippen molar-refractivity contribution in [2.75, 3.05) is 7.11 Å².